The first-order chi connectivity index (χ1) is 13.5. The number of aryl methyl sites for hydroxylation is 3. The Morgan fingerprint density at radius 1 is 1.07 bits per heavy atom. The van der Waals surface area contributed by atoms with E-state index in [1.165, 1.54) is 5.56 Å². The Morgan fingerprint density at radius 3 is 2.57 bits per heavy atom. The Labute approximate surface area is 173 Å². The smallest absolute Gasteiger partial charge is 0.147 e. The van der Waals surface area contributed by atoms with E-state index >= 15 is 0 Å². The summed E-state index contributed by atoms with van der Waals surface area (Å²) < 4.78 is 8.38. The first-order valence-electron chi connectivity index (χ1n) is 10.1. The molecule has 0 atom stereocenters. The van der Waals surface area contributed by atoms with Crippen LogP contribution in [0.25, 0.3) is 11.0 Å². The van der Waals surface area contributed by atoms with Crippen molar-refractivity contribution in [3.05, 3.63) is 58.4 Å². The van der Waals surface area contributed by atoms with Crippen molar-refractivity contribution in [1.29, 1.82) is 0 Å². The van der Waals surface area contributed by atoms with Gasteiger partial charge in [-0.2, -0.15) is 0 Å². The number of nitrogens with zero attached hydrogens (tertiary/aromatic N) is 3. The van der Waals surface area contributed by atoms with Crippen molar-refractivity contribution in [3.63, 3.8) is 0 Å². The van der Waals surface area contributed by atoms with Gasteiger partial charge in [-0.05, 0) is 69.7 Å². The topological polar surface area (TPSA) is 30.3 Å². The Kier molecular flexibility index (Phi) is 6.97. The van der Waals surface area contributed by atoms with Gasteiger partial charge in [-0.25, -0.2) is 4.98 Å². The molecule has 4 nitrogen and oxygen atoms in total. The quantitative estimate of drug-likeness (QED) is 0.468. The summed E-state index contributed by atoms with van der Waals surface area (Å²) in [4.78, 5) is 7.26. The number of hydrogen-bond acceptors (Lipinski definition) is 3. The lowest BCUT2D eigenvalue weighted by Crippen LogP contribution is -2.25. The van der Waals surface area contributed by atoms with Crippen molar-refractivity contribution in [2.45, 2.75) is 47.3 Å². The second-order valence-electron chi connectivity index (χ2n) is 7.25. The van der Waals surface area contributed by atoms with Gasteiger partial charge in [0.2, 0.25) is 0 Å². The first kappa shape index (κ1) is 20.7. The molecular weight excluding hydrogens is 370 g/mol. The maximum Gasteiger partial charge on any atom is 0.147 e. The number of benzene rings is 2. The van der Waals surface area contributed by atoms with Crippen LogP contribution in [0.1, 0.15) is 37.2 Å². The molecule has 0 bridgehead atoms. The summed E-state index contributed by atoms with van der Waals surface area (Å²) in [5, 5.41) is 0.735. The zero-order chi connectivity index (χ0) is 20.1. The van der Waals surface area contributed by atoms with E-state index in [4.69, 9.17) is 21.3 Å². The number of imidazole rings is 1. The molecule has 0 N–H and O–H groups in total. The fraction of sp³-hybridized carbons (Fsp3) is 0.435. The average Bonchev–Trinajstić information content (AvgIpc) is 3.01. The highest BCUT2D eigenvalue weighted by Crippen LogP contribution is 2.24. The molecule has 0 saturated carbocycles. The summed E-state index contributed by atoms with van der Waals surface area (Å²) in [6, 6.07) is 12.1. The van der Waals surface area contributed by atoms with Crippen LogP contribution in [0, 0.1) is 13.8 Å². The van der Waals surface area contributed by atoms with E-state index in [0.717, 1.165) is 65.8 Å². The van der Waals surface area contributed by atoms with Crippen LogP contribution in [-0.4, -0.2) is 34.1 Å². The van der Waals surface area contributed by atoms with Gasteiger partial charge in [0.1, 0.15) is 18.2 Å². The van der Waals surface area contributed by atoms with Gasteiger partial charge in [-0.3, -0.25) is 0 Å². The number of hydrogen-bond donors (Lipinski definition) is 0. The summed E-state index contributed by atoms with van der Waals surface area (Å²) in [5.74, 6) is 1.85. The lowest BCUT2D eigenvalue weighted by atomic mass is 10.1. The van der Waals surface area contributed by atoms with Crippen molar-refractivity contribution in [2.24, 2.45) is 0 Å². The van der Waals surface area contributed by atoms with Crippen LogP contribution < -0.4 is 4.74 Å². The summed E-state index contributed by atoms with van der Waals surface area (Å²) in [6.07, 6.45) is 1.07. The molecule has 3 aromatic rings. The molecule has 3 rings (SSSR count). The monoisotopic (exact) mass is 399 g/mol. The highest BCUT2D eigenvalue weighted by atomic mass is 35.5. The summed E-state index contributed by atoms with van der Waals surface area (Å²) in [7, 11) is 0. The highest BCUT2D eigenvalue weighted by molar-refractivity contribution is 6.31. The Bertz CT molecular complexity index is 931. The predicted octanol–water partition coefficient (Wildman–Crippen LogP) is 5.62. The first-order valence-corrected chi connectivity index (χ1v) is 10.5. The van der Waals surface area contributed by atoms with Gasteiger partial charge in [-0.15, -0.1) is 0 Å². The highest BCUT2D eigenvalue weighted by Gasteiger charge is 2.13. The van der Waals surface area contributed by atoms with Crippen LogP contribution in [0.4, 0.5) is 0 Å². The van der Waals surface area contributed by atoms with E-state index in [0.29, 0.717) is 6.61 Å². The maximum absolute atomic E-state index is 6.26. The summed E-state index contributed by atoms with van der Waals surface area (Å²) in [6.45, 7) is 13.2. The number of aromatic nitrogens is 2. The van der Waals surface area contributed by atoms with E-state index in [-0.39, 0.29) is 0 Å². The van der Waals surface area contributed by atoms with Crippen molar-refractivity contribution in [2.75, 3.05) is 19.6 Å². The van der Waals surface area contributed by atoms with Gasteiger partial charge in [0.15, 0.2) is 0 Å². The van der Waals surface area contributed by atoms with Gasteiger partial charge in [0.25, 0.3) is 0 Å². The molecule has 1 aromatic heterocycles. The molecule has 1 heterocycles. The van der Waals surface area contributed by atoms with Crippen LogP contribution >= 0.6 is 11.6 Å². The largest absolute Gasteiger partial charge is 0.485 e. The number of ether oxygens (including phenoxy) is 1. The third kappa shape index (κ3) is 4.86. The van der Waals surface area contributed by atoms with Gasteiger partial charge in [0.05, 0.1) is 11.0 Å². The second-order valence-corrected chi connectivity index (χ2v) is 7.69. The fourth-order valence-corrected chi connectivity index (χ4v) is 3.77. The van der Waals surface area contributed by atoms with Crippen LogP contribution in [0.3, 0.4) is 0 Å². The zero-order valence-electron chi connectivity index (χ0n) is 17.3. The molecule has 0 amide bonds. The molecule has 0 unspecified atom stereocenters. The van der Waals surface area contributed by atoms with Gasteiger partial charge in [-0.1, -0.05) is 43.1 Å². The molecule has 28 heavy (non-hydrogen) atoms. The fourth-order valence-electron chi connectivity index (χ4n) is 3.60. The third-order valence-corrected chi connectivity index (χ3v) is 5.46. The van der Waals surface area contributed by atoms with E-state index in [2.05, 4.69) is 49.3 Å². The second kappa shape index (κ2) is 9.44. The minimum absolute atomic E-state index is 0.446. The van der Waals surface area contributed by atoms with Gasteiger partial charge >= 0.3 is 0 Å². The maximum atomic E-state index is 6.26. The standard InChI is InChI=1S/C23H30ClN3O/c1-5-26(6-2)12-7-13-27-21-15-19(24)9-10-20(21)25-23(27)16-28-22-11-8-17(3)14-18(22)4/h8-11,14-15H,5-7,12-13,16H2,1-4H3. The molecule has 0 spiro atoms. The lowest BCUT2D eigenvalue weighted by Gasteiger charge is -2.18. The molecule has 5 heteroatoms. The minimum atomic E-state index is 0.446. The number of halogens is 1. The molecule has 0 saturated heterocycles. The number of fused-ring (bicyclic) bond motifs is 1. The summed E-state index contributed by atoms with van der Waals surface area (Å²) in [5.41, 5.74) is 4.42. The Hall–Kier alpha value is -2.04. The zero-order valence-corrected chi connectivity index (χ0v) is 18.1. The van der Waals surface area contributed by atoms with E-state index in [9.17, 15) is 0 Å². The predicted molar refractivity (Wildman–Crippen MR) is 117 cm³/mol. The van der Waals surface area contributed by atoms with Gasteiger partial charge < -0.3 is 14.2 Å². The van der Waals surface area contributed by atoms with E-state index < -0.39 is 0 Å². The van der Waals surface area contributed by atoms with Gasteiger partial charge in [0, 0.05) is 11.6 Å². The van der Waals surface area contributed by atoms with Crippen molar-refractivity contribution in [1.82, 2.24) is 14.5 Å². The van der Waals surface area contributed by atoms with Crippen molar-refractivity contribution in [3.8, 4) is 5.75 Å². The molecule has 0 radical (unpaired) electrons. The molecule has 0 aliphatic rings. The average molecular weight is 400 g/mol. The van der Waals surface area contributed by atoms with Crippen molar-refractivity contribution >= 4 is 22.6 Å². The Balaban J connectivity index is 1.81. The van der Waals surface area contributed by atoms with Crippen LogP contribution in [-0.2, 0) is 13.2 Å². The molecule has 2 aromatic carbocycles. The lowest BCUT2D eigenvalue weighted by molar-refractivity contribution is 0.278. The van der Waals surface area contributed by atoms with E-state index in [1.807, 2.05) is 24.3 Å². The minimum Gasteiger partial charge on any atom is -0.485 e. The third-order valence-electron chi connectivity index (χ3n) is 5.23. The van der Waals surface area contributed by atoms with Crippen LogP contribution in [0.2, 0.25) is 5.02 Å². The van der Waals surface area contributed by atoms with E-state index in [1.54, 1.807) is 0 Å². The van der Waals surface area contributed by atoms with Crippen LogP contribution in [0.15, 0.2) is 36.4 Å². The molecular formula is C23H30ClN3O. The molecule has 0 aliphatic carbocycles. The normalized spacial score (nSPS) is 11.5. The number of rotatable bonds is 9. The van der Waals surface area contributed by atoms with Crippen LogP contribution in [0.5, 0.6) is 5.75 Å². The molecule has 0 fully saturated rings. The molecule has 0 aliphatic heterocycles. The molecule has 150 valence electrons. The SMILES string of the molecule is CCN(CC)CCCn1c(COc2ccc(C)cc2C)nc2ccc(Cl)cc21. The Morgan fingerprint density at radius 2 is 1.86 bits per heavy atom. The summed E-state index contributed by atoms with van der Waals surface area (Å²) >= 11 is 6.26. The van der Waals surface area contributed by atoms with Crippen molar-refractivity contribution < 1.29 is 4.74 Å².